The van der Waals surface area contributed by atoms with Crippen LogP contribution in [-0.4, -0.2) is 62.9 Å². The van der Waals surface area contributed by atoms with Gasteiger partial charge in [0, 0.05) is 17.8 Å². The van der Waals surface area contributed by atoms with Gasteiger partial charge in [-0.2, -0.15) is 0 Å². The maximum atomic E-state index is 13.2. The van der Waals surface area contributed by atoms with Crippen molar-refractivity contribution in [3.8, 4) is 0 Å². The van der Waals surface area contributed by atoms with Gasteiger partial charge in [-0.05, 0) is 45.3 Å². The summed E-state index contributed by atoms with van der Waals surface area (Å²) in [5.41, 5.74) is 0.936. The van der Waals surface area contributed by atoms with E-state index in [1.54, 1.807) is 4.90 Å². The first-order valence-corrected chi connectivity index (χ1v) is 11.2. The maximum absolute atomic E-state index is 13.2. The van der Waals surface area contributed by atoms with E-state index in [1.807, 2.05) is 44.2 Å². The first kappa shape index (κ1) is 21.3. The number of rotatable bonds is 6. The zero-order valence-electron chi connectivity index (χ0n) is 16.6. The van der Waals surface area contributed by atoms with E-state index in [2.05, 4.69) is 10.2 Å². The number of nitrogens with one attached hydrogen (secondary N) is 1. The minimum atomic E-state index is -0.582. The van der Waals surface area contributed by atoms with Crippen LogP contribution in [-0.2, 0) is 16.0 Å². The number of thiocarbonyl (C=S) groups is 1. The molecule has 1 aromatic rings. The molecule has 2 fully saturated rings. The van der Waals surface area contributed by atoms with Crippen LogP contribution in [0.25, 0.3) is 0 Å². The Kier molecular flexibility index (Phi) is 7.12. The fourth-order valence-electron chi connectivity index (χ4n) is 3.74. The van der Waals surface area contributed by atoms with Gasteiger partial charge in [-0.3, -0.25) is 14.5 Å². The summed E-state index contributed by atoms with van der Waals surface area (Å²) in [5, 5.41) is 2.97. The van der Waals surface area contributed by atoms with Crippen LogP contribution in [0.3, 0.4) is 0 Å². The summed E-state index contributed by atoms with van der Waals surface area (Å²) in [6.45, 7) is 7.54. The van der Waals surface area contributed by atoms with E-state index in [-0.39, 0.29) is 18.2 Å². The standard InChI is InChI=1S/C21H29N3O2S2/c1-21(2)18(22-17(25)15-16-9-5-3-6-10-16)19(26)24(20(27)28-21)14-13-23-11-7-4-8-12-23/h3,5-6,9-10,18H,4,7-8,11-15H2,1-2H3,(H,22,25). The van der Waals surface area contributed by atoms with E-state index in [0.717, 1.165) is 25.2 Å². The molecule has 0 aromatic heterocycles. The second-order valence-electron chi connectivity index (χ2n) is 8.03. The Morgan fingerprint density at radius 2 is 1.86 bits per heavy atom. The van der Waals surface area contributed by atoms with Gasteiger partial charge >= 0.3 is 0 Å². The SMILES string of the molecule is CC1(C)SC(=S)N(CCN2CCCCC2)C(=O)C1NC(=O)Cc1ccccc1. The van der Waals surface area contributed by atoms with E-state index in [1.165, 1.54) is 31.0 Å². The highest BCUT2D eigenvalue weighted by atomic mass is 32.2. The first-order valence-electron chi connectivity index (χ1n) is 9.97. The normalized spacial score (nSPS) is 22.9. The van der Waals surface area contributed by atoms with Crippen molar-refractivity contribution >= 4 is 40.1 Å². The average molecular weight is 420 g/mol. The Hall–Kier alpha value is -1.44. The number of thioether (sulfide) groups is 1. The molecule has 1 aromatic carbocycles. The number of hydrogen-bond donors (Lipinski definition) is 1. The second-order valence-corrected chi connectivity index (χ2v) is 10.3. The number of likely N-dealkylation sites (tertiary alicyclic amines) is 1. The summed E-state index contributed by atoms with van der Waals surface area (Å²) in [5.74, 6) is -0.228. The summed E-state index contributed by atoms with van der Waals surface area (Å²) >= 11 is 7.03. The zero-order valence-corrected chi connectivity index (χ0v) is 18.3. The lowest BCUT2D eigenvalue weighted by atomic mass is 10.0. The van der Waals surface area contributed by atoms with Crippen molar-refractivity contribution in [3.63, 3.8) is 0 Å². The highest BCUT2D eigenvalue weighted by Gasteiger charge is 2.46. The minimum absolute atomic E-state index is 0.0906. The molecule has 2 heterocycles. The highest BCUT2D eigenvalue weighted by Crippen LogP contribution is 2.36. The van der Waals surface area contributed by atoms with Gasteiger partial charge in [0.05, 0.1) is 6.42 Å². The number of carbonyl (C=O) groups is 2. The molecule has 2 aliphatic rings. The van der Waals surface area contributed by atoms with Crippen molar-refractivity contribution < 1.29 is 9.59 Å². The van der Waals surface area contributed by atoms with E-state index >= 15 is 0 Å². The highest BCUT2D eigenvalue weighted by molar-refractivity contribution is 8.24. The molecule has 3 rings (SSSR count). The number of amides is 2. The third-order valence-corrected chi connectivity index (χ3v) is 7.01. The number of hydrogen-bond acceptors (Lipinski definition) is 5. The molecule has 0 spiro atoms. The van der Waals surface area contributed by atoms with Crippen LogP contribution in [0.4, 0.5) is 0 Å². The molecule has 5 nitrogen and oxygen atoms in total. The summed E-state index contributed by atoms with van der Waals surface area (Å²) in [6.07, 6.45) is 4.00. The lowest BCUT2D eigenvalue weighted by Crippen LogP contribution is -2.63. The first-order chi connectivity index (χ1) is 13.4. The molecule has 2 amide bonds. The van der Waals surface area contributed by atoms with Crippen molar-refractivity contribution in [2.24, 2.45) is 0 Å². The van der Waals surface area contributed by atoms with Crippen LogP contribution in [0.2, 0.25) is 0 Å². The molecule has 2 aliphatic heterocycles. The maximum Gasteiger partial charge on any atom is 0.252 e. The Bertz CT molecular complexity index is 718. The van der Waals surface area contributed by atoms with Crippen LogP contribution >= 0.6 is 24.0 Å². The Morgan fingerprint density at radius 3 is 2.54 bits per heavy atom. The van der Waals surface area contributed by atoms with Gasteiger partial charge in [0.15, 0.2) is 0 Å². The topological polar surface area (TPSA) is 52.6 Å². The van der Waals surface area contributed by atoms with E-state index in [4.69, 9.17) is 12.2 Å². The van der Waals surface area contributed by atoms with Crippen molar-refractivity contribution in [1.82, 2.24) is 15.1 Å². The van der Waals surface area contributed by atoms with Crippen molar-refractivity contribution in [1.29, 1.82) is 0 Å². The van der Waals surface area contributed by atoms with Gasteiger partial charge in [-0.25, -0.2) is 0 Å². The van der Waals surface area contributed by atoms with Crippen LogP contribution in [0, 0.1) is 0 Å². The molecule has 1 N–H and O–H groups in total. The molecule has 152 valence electrons. The molecule has 1 atom stereocenters. The predicted molar refractivity (Wildman–Crippen MR) is 118 cm³/mol. The number of piperidine rings is 1. The fourth-order valence-corrected chi connectivity index (χ4v) is 5.58. The lowest BCUT2D eigenvalue weighted by molar-refractivity contribution is -0.134. The van der Waals surface area contributed by atoms with Crippen molar-refractivity contribution in [2.45, 2.75) is 50.3 Å². The molecule has 2 saturated heterocycles. The van der Waals surface area contributed by atoms with E-state index in [0.29, 0.717) is 10.9 Å². The number of carbonyl (C=O) groups excluding carboxylic acids is 2. The monoisotopic (exact) mass is 419 g/mol. The molecule has 0 radical (unpaired) electrons. The molecule has 0 aliphatic carbocycles. The molecular formula is C21H29N3O2S2. The van der Waals surface area contributed by atoms with Crippen LogP contribution in [0.5, 0.6) is 0 Å². The lowest BCUT2D eigenvalue weighted by Gasteiger charge is -2.43. The average Bonchev–Trinajstić information content (AvgIpc) is 2.66. The molecule has 0 bridgehead atoms. The van der Waals surface area contributed by atoms with Crippen LogP contribution < -0.4 is 5.32 Å². The second kappa shape index (κ2) is 9.37. The molecular weight excluding hydrogens is 390 g/mol. The predicted octanol–water partition coefficient (Wildman–Crippen LogP) is 2.84. The Morgan fingerprint density at radius 1 is 1.18 bits per heavy atom. The smallest absolute Gasteiger partial charge is 0.252 e. The van der Waals surface area contributed by atoms with Crippen LogP contribution in [0.1, 0.15) is 38.7 Å². The van der Waals surface area contributed by atoms with E-state index < -0.39 is 10.8 Å². The fraction of sp³-hybridized carbons (Fsp3) is 0.571. The number of benzene rings is 1. The largest absolute Gasteiger partial charge is 0.343 e. The Balaban J connectivity index is 1.63. The molecule has 7 heteroatoms. The van der Waals surface area contributed by atoms with Gasteiger partial charge in [0.25, 0.3) is 5.91 Å². The van der Waals surface area contributed by atoms with Gasteiger partial charge in [0.2, 0.25) is 5.91 Å². The third kappa shape index (κ3) is 5.33. The quantitative estimate of drug-likeness (QED) is 0.719. The van der Waals surface area contributed by atoms with Gasteiger partial charge < -0.3 is 10.2 Å². The van der Waals surface area contributed by atoms with Gasteiger partial charge in [-0.15, -0.1) is 0 Å². The van der Waals surface area contributed by atoms with Crippen molar-refractivity contribution in [2.75, 3.05) is 26.2 Å². The van der Waals surface area contributed by atoms with Crippen molar-refractivity contribution in [3.05, 3.63) is 35.9 Å². The summed E-state index contributed by atoms with van der Waals surface area (Å²) in [4.78, 5) is 29.9. The zero-order chi connectivity index (χ0) is 20.1. The summed E-state index contributed by atoms with van der Waals surface area (Å²) in [7, 11) is 0. The summed E-state index contributed by atoms with van der Waals surface area (Å²) < 4.78 is 0.142. The number of nitrogens with zero attached hydrogens (tertiary/aromatic N) is 2. The van der Waals surface area contributed by atoms with Crippen LogP contribution in [0.15, 0.2) is 30.3 Å². The molecule has 1 unspecified atom stereocenters. The minimum Gasteiger partial charge on any atom is -0.343 e. The Labute approximate surface area is 177 Å². The van der Waals surface area contributed by atoms with Gasteiger partial charge in [0.1, 0.15) is 10.4 Å². The molecule has 28 heavy (non-hydrogen) atoms. The van der Waals surface area contributed by atoms with E-state index in [9.17, 15) is 9.59 Å². The van der Waals surface area contributed by atoms with Gasteiger partial charge in [-0.1, -0.05) is 60.7 Å². The molecule has 0 saturated carbocycles. The third-order valence-electron chi connectivity index (χ3n) is 5.38. The summed E-state index contributed by atoms with van der Waals surface area (Å²) in [6, 6.07) is 9.00.